The average Bonchev–Trinajstić information content (AvgIpc) is 2.78. The molecule has 2 rings (SSSR count). The minimum absolute atomic E-state index is 0.0971. The van der Waals surface area contributed by atoms with Crippen LogP contribution in [0.25, 0.3) is 0 Å². The van der Waals surface area contributed by atoms with Gasteiger partial charge in [0.15, 0.2) is 0 Å². The summed E-state index contributed by atoms with van der Waals surface area (Å²) in [6.07, 6.45) is 1.34. The van der Waals surface area contributed by atoms with Gasteiger partial charge in [0.05, 0.1) is 16.7 Å². The fourth-order valence-corrected chi connectivity index (χ4v) is 3.69. The number of rotatable bonds is 12. The highest BCUT2D eigenvalue weighted by Gasteiger charge is 2.28. The standard InChI is InChI=1S/C26H34Cl2N2O3/c1-5-24(26(32)29-16-18(2)3)30(17-20-10-13-22(27)23(28)15-20)25(31)7-6-14-33-21-11-8-19(4)9-12-21/h8-13,15,18,24H,5-7,14,16-17H2,1-4H3,(H,29,32)/t24-/m1/s1. The summed E-state index contributed by atoms with van der Waals surface area (Å²) in [5.74, 6) is 0.862. The number of amides is 2. The molecule has 0 aliphatic carbocycles. The van der Waals surface area contributed by atoms with Crippen molar-refractivity contribution in [3.63, 3.8) is 0 Å². The van der Waals surface area contributed by atoms with Crippen molar-refractivity contribution in [1.29, 1.82) is 0 Å². The van der Waals surface area contributed by atoms with Crippen molar-refractivity contribution >= 4 is 35.0 Å². The SMILES string of the molecule is CC[C@H](C(=O)NCC(C)C)N(Cc1ccc(Cl)c(Cl)c1)C(=O)CCCOc1ccc(C)cc1. The van der Waals surface area contributed by atoms with Gasteiger partial charge >= 0.3 is 0 Å². The molecule has 2 amide bonds. The van der Waals surface area contributed by atoms with E-state index in [1.165, 1.54) is 0 Å². The number of ether oxygens (including phenoxy) is 1. The Balaban J connectivity index is 2.08. The van der Waals surface area contributed by atoms with Crippen LogP contribution < -0.4 is 10.1 Å². The third-order valence-electron chi connectivity index (χ3n) is 5.23. The lowest BCUT2D eigenvalue weighted by molar-refractivity contribution is -0.141. The van der Waals surface area contributed by atoms with Crippen LogP contribution in [0.4, 0.5) is 0 Å². The number of carbonyl (C=O) groups excluding carboxylic acids is 2. The predicted molar refractivity (Wildman–Crippen MR) is 135 cm³/mol. The van der Waals surface area contributed by atoms with Crippen LogP contribution in [0.1, 0.15) is 51.2 Å². The molecule has 0 aromatic heterocycles. The first-order valence-corrected chi connectivity index (χ1v) is 12.2. The molecule has 0 saturated carbocycles. The van der Waals surface area contributed by atoms with Crippen molar-refractivity contribution in [1.82, 2.24) is 10.2 Å². The van der Waals surface area contributed by atoms with E-state index in [0.717, 1.165) is 16.9 Å². The van der Waals surface area contributed by atoms with Crippen molar-refractivity contribution < 1.29 is 14.3 Å². The summed E-state index contributed by atoms with van der Waals surface area (Å²) >= 11 is 12.2. The largest absolute Gasteiger partial charge is 0.494 e. The minimum atomic E-state index is -0.566. The fraction of sp³-hybridized carbons (Fsp3) is 0.462. The Morgan fingerprint density at radius 2 is 1.76 bits per heavy atom. The molecule has 180 valence electrons. The fourth-order valence-electron chi connectivity index (χ4n) is 3.37. The van der Waals surface area contributed by atoms with Crippen LogP contribution in [0.15, 0.2) is 42.5 Å². The molecule has 1 atom stereocenters. The quantitative estimate of drug-likeness (QED) is 0.367. The second-order valence-electron chi connectivity index (χ2n) is 8.60. The summed E-state index contributed by atoms with van der Waals surface area (Å²) < 4.78 is 5.76. The molecule has 0 saturated heterocycles. The average molecular weight is 493 g/mol. The third-order valence-corrected chi connectivity index (χ3v) is 5.97. The molecule has 0 radical (unpaired) electrons. The maximum Gasteiger partial charge on any atom is 0.242 e. The second-order valence-corrected chi connectivity index (χ2v) is 9.41. The van der Waals surface area contributed by atoms with E-state index in [1.807, 2.05) is 58.0 Å². The van der Waals surface area contributed by atoms with Gasteiger partial charge in [-0.15, -0.1) is 0 Å². The van der Waals surface area contributed by atoms with Crippen LogP contribution in [0.2, 0.25) is 10.0 Å². The van der Waals surface area contributed by atoms with Crippen molar-refractivity contribution in [3.8, 4) is 5.75 Å². The van der Waals surface area contributed by atoms with E-state index in [4.69, 9.17) is 27.9 Å². The number of nitrogens with one attached hydrogen (secondary N) is 1. The molecule has 0 bridgehead atoms. The first-order valence-electron chi connectivity index (χ1n) is 11.4. The van der Waals surface area contributed by atoms with Gasteiger partial charge in [-0.05, 0) is 55.5 Å². The Kier molecular flexibility index (Phi) is 11.0. The maximum atomic E-state index is 13.2. The predicted octanol–water partition coefficient (Wildman–Crippen LogP) is 6.04. The van der Waals surface area contributed by atoms with Crippen molar-refractivity contribution in [2.24, 2.45) is 5.92 Å². The first kappa shape index (κ1) is 27.0. The zero-order valence-corrected chi connectivity index (χ0v) is 21.4. The van der Waals surface area contributed by atoms with Gasteiger partial charge in [0.1, 0.15) is 11.8 Å². The van der Waals surface area contributed by atoms with Crippen LogP contribution >= 0.6 is 23.2 Å². The molecule has 0 aliphatic heterocycles. The molecule has 0 unspecified atom stereocenters. The number of carbonyl (C=O) groups is 2. The summed E-state index contributed by atoms with van der Waals surface area (Å²) in [7, 11) is 0. The monoisotopic (exact) mass is 492 g/mol. The number of aryl methyl sites for hydroxylation is 1. The number of hydrogen-bond donors (Lipinski definition) is 1. The van der Waals surface area contributed by atoms with Gasteiger partial charge in [0.25, 0.3) is 0 Å². The molecule has 2 aromatic carbocycles. The van der Waals surface area contributed by atoms with Gasteiger partial charge in [-0.1, -0.05) is 67.7 Å². The van der Waals surface area contributed by atoms with Gasteiger partial charge in [-0.2, -0.15) is 0 Å². The van der Waals surface area contributed by atoms with Crippen molar-refractivity contribution in [2.75, 3.05) is 13.2 Å². The van der Waals surface area contributed by atoms with Crippen LogP contribution in [0.5, 0.6) is 5.75 Å². The van der Waals surface area contributed by atoms with Crippen LogP contribution in [0.3, 0.4) is 0 Å². The normalized spacial score (nSPS) is 11.8. The molecule has 1 N–H and O–H groups in total. The number of hydrogen-bond acceptors (Lipinski definition) is 3. The second kappa shape index (κ2) is 13.5. The van der Waals surface area contributed by atoms with Crippen LogP contribution in [0, 0.1) is 12.8 Å². The molecule has 2 aromatic rings. The zero-order chi connectivity index (χ0) is 24.4. The summed E-state index contributed by atoms with van der Waals surface area (Å²) in [6.45, 7) is 9.27. The lowest BCUT2D eigenvalue weighted by Crippen LogP contribution is -2.49. The van der Waals surface area contributed by atoms with E-state index >= 15 is 0 Å². The molecule has 0 fully saturated rings. The minimum Gasteiger partial charge on any atom is -0.494 e. The van der Waals surface area contributed by atoms with E-state index in [0.29, 0.717) is 42.0 Å². The molecular formula is C26H34Cl2N2O3. The Bertz CT molecular complexity index is 916. The summed E-state index contributed by atoms with van der Waals surface area (Å²) in [5, 5.41) is 3.84. The first-order chi connectivity index (χ1) is 15.7. The Labute approximate surface area is 207 Å². The van der Waals surface area contributed by atoms with E-state index in [2.05, 4.69) is 5.32 Å². The Morgan fingerprint density at radius 1 is 1.06 bits per heavy atom. The van der Waals surface area contributed by atoms with Crippen LogP contribution in [-0.4, -0.2) is 35.9 Å². The maximum absolute atomic E-state index is 13.2. The zero-order valence-electron chi connectivity index (χ0n) is 19.9. The molecule has 5 nitrogen and oxygen atoms in total. The smallest absolute Gasteiger partial charge is 0.242 e. The van der Waals surface area contributed by atoms with Crippen molar-refractivity contribution in [3.05, 3.63) is 63.6 Å². The molecule has 0 aliphatic rings. The number of benzene rings is 2. The highest BCUT2D eigenvalue weighted by Crippen LogP contribution is 2.24. The van der Waals surface area contributed by atoms with Gasteiger partial charge in [0.2, 0.25) is 11.8 Å². The topological polar surface area (TPSA) is 58.6 Å². The van der Waals surface area contributed by atoms with Gasteiger partial charge < -0.3 is 15.0 Å². The van der Waals surface area contributed by atoms with Crippen LogP contribution in [-0.2, 0) is 16.1 Å². The number of halogens is 2. The lowest BCUT2D eigenvalue weighted by Gasteiger charge is -2.31. The van der Waals surface area contributed by atoms with E-state index in [1.54, 1.807) is 17.0 Å². The van der Waals surface area contributed by atoms with E-state index < -0.39 is 6.04 Å². The van der Waals surface area contributed by atoms with E-state index in [-0.39, 0.29) is 24.8 Å². The Hall–Kier alpha value is -2.24. The summed E-state index contributed by atoms with van der Waals surface area (Å²) in [4.78, 5) is 27.8. The lowest BCUT2D eigenvalue weighted by atomic mass is 10.1. The molecule has 33 heavy (non-hydrogen) atoms. The number of nitrogens with zero attached hydrogens (tertiary/aromatic N) is 1. The van der Waals surface area contributed by atoms with Gasteiger partial charge in [0, 0.05) is 19.5 Å². The molecule has 0 heterocycles. The summed E-state index contributed by atoms with van der Waals surface area (Å²) in [6, 6.07) is 12.5. The van der Waals surface area contributed by atoms with Crippen molar-refractivity contribution in [2.45, 2.75) is 59.5 Å². The Morgan fingerprint density at radius 3 is 2.36 bits per heavy atom. The third kappa shape index (κ3) is 8.90. The van der Waals surface area contributed by atoms with E-state index in [9.17, 15) is 9.59 Å². The molecule has 7 heteroatoms. The van der Waals surface area contributed by atoms with Gasteiger partial charge in [-0.25, -0.2) is 0 Å². The summed E-state index contributed by atoms with van der Waals surface area (Å²) in [5.41, 5.74) is 1.99. The highest BCUT2D eigenvalue weighted by molar-refractivity contribution is 6.42. The molecular weight excluding hydrogens is 459 g/mol. The van der Waals surface area contributed by atoms with Gasteiger partial charge in [-0.3, -0.25) is 9.59 Å². The molecule has 0 spiro atoms. The highest BCUT2D eigenvalue weighted by atomic mass is 35.5.